The molecule has 0 N–H and O–H groups in total. The fourth-order valence-corrected chi connectivity index (χ4v) is 8.90. The minimum Gasteiger partial charge on any atom is -0.311 e. The van der Waals surface area contributed by atoms with Crippen molar-refractivity contribution in [3.63, 3.8) is 0 Å². The molecule has 0 aromatic heterocycles. The zero-order valence-corrected chi connectivity index (χ0v) is 26.4. The van der Waals surface area contributed by atoms with E-state index >= 15 is 0 Å². The smallest absolute Gasteiger partial charge is 0.252 e. The lowest BCUT2D eigenvalue weighted by molar-refractivity contribution is 0.444. The van der Waals surface area contributed by atoms with Crippen molar-refractivity contribution < 1.29 is 0 Å². The van der Waals surface area contributed by atoms with E-state index in [2.05, 4.69) is 155 Å². The van der Waals surface area contributed by atoms with Crippen molar-refractivity contribution in [3.8, 4) is 0 Å². The first-order chi connectivity index (χ1) is 23.3. The number of rotatable bonds is 3. The zero-order chi connectivity index (χ0) is 30.9. The van der Waals surface area contributed by atoms with E-state index in [0.717, 1.165) is 0 Å². The van der Waals surface area contributed by atoms with Crippen LogP contribution in [-0.2, 0) is 0 Å². The van der Waals surface area contributed by atoms with Crippen molar-refractivity contribution in [2.75, 3.05) is 9.80 Å². The third-order valence-corrected chi connectivity index (χ3v) is 11.0. The van der Waals surface area contributed by atoms with Gasteiger partial charge >= 0.3 is 0 Å². The Hall–Kier alpha value is -5.28. The predicted molar refractivity (Wildman–Crippen MR) is 201 cm³/mol. The second-order valence-corrected chi connectivity index (χ2v) is 13.5. The standard InChI is InChI=1S/C44H35BN2/c1-4-14-30(15-5-1)33-28-40-42-41(29-33)47(35-20-8-3-9-21-35)44-37-23-13-11-17-32(37)25-27-39(44)45(42)38-26-24-31-16-10-12-22-36(31)43(38)46(40)34-18-6-2-7-19-34/h2-3,6-13,16-30H,1,4-5,14-15H2. The highest BCUT2D eigenvalue weighted by atomic mass is 15.2. The SMILES string of the molecule is c1ccc(N2c3cc(C4CCCCC4)cc4c3B(c3ccc5ccccc5c32)c2ccc3ccccc3c2N4c2ccccc2)cc1. The fraction of sp³-hybridized carbons (Fsp3) is 0.136. The minimum absolute atomic E-state index is 0.111. The Bertz CT molecular complexity index is 2150. The van der Waals surface area contributed by atoms with Crippen LogP contribution in [0.4, 0.5) is 34.1 Å². The lowest BCUT2D eigenvalue weighted by Crippen LogP contribution is -2.61. The van der Waals surface area contributed by atoms with Gasteiger partial charge in [-0.3, -0.25) is 0 Å². The van der Waals surface area contributed by atoms with Crippen LogP contribution in [0.5, 0.6) is 0 Å². The molecule has 0 radical (unpaired) electrons. The Kier molecular flexibility index (Phi) is 6.09. The van der Waals surface area contributed by atoms with Crippen LogP contribution >= 0.6 is 0 Å². The van der Waals surface area contributed by atoms with Gasteiger partial charge in [0, 0.05) is 44.9 Å². The topological polar surface area (TPSA) is 6.48 Å². The summed E-state index contributed by atoms with van der Waals surface area (Å²) in [5.41, 5.74) is 13.3. The second kappa shape index (κ2) is 10.6. The van der Waals surface area contributed by atoms with Gasteiger partial charge in [-0.1, -0.05) is 128 Å². The van der Waals surface area contributed by atoms with Crippen molar-refractivity contribution in [3.05, 3.63) is 151 Å². The van der Waals surface area contributed by atoms with Crippen LogP contribution in [-0.4, -0.2) is 6.71 Å². The Morgan fingerprint density at radius 1 is 0.468 bits per heavy atom. The highest BCUT2D eigenvalue weighted by Gasteiger charge is 2.44. The number of benzene rings is 7. The van der Waals surface area contributed by atoms with Crippen LogP contribution in [0.25, 0.3) is 21.5 Å². The molecule has 2 heterocycles. The predicted octanol–water partition coefficient (Wildman–Crippen LogP) is 10.1. The maximum atomic E-state index is 2.59. The lowest BCUT2D eigenvalue weighted by Gasteiger charge is -2.45. The van der Waals surface area contributed by atoms with Gasteiger partial charge in [0.15, 0.2) is 0 Å². The third kappa shape index (κ3) is 4.05. The Balaban J connectivity index is 1.38. The summed E-state index contributed by atoms with van der Waals surface area (Å²) in [6, 6.07) is 54.7. The maximum Gasteiger partial charge on any atom is 0.252 e. The Morgan fingerprint density at radius 3 is 1.45 bits per heavy atom. The van der Waals surface area contributed by atoms with Crippen molar-refractivity contribution in [1.29, 1.82) is 0 Å². The van der Waals surface area contributed by atoms with Gasteiger partial charge in [-0.05, 0) is 87.9 Å². The molecule has 2 aliphatic heterocycles. The van der Waals surface area contributed by atoms with Crippen LogP contribution in [0.15, 0.2) is 146 Å². The molecule has 2 nitrogen and oxygen atoms in total. The summed E-state index contributed by atoms with van der Waals surface area (Å²) in [5, 5.41) is 5.16. The molecule has 7 aromatic rings. The van der Waals surface area contributed by atoms with Gasteiger partial charge in [-0.25, -0.2) is 0 Å². The van der Waals surface area contributed by atoms with E-state index in [9.17, 15) is 0 Å². The molecule has 1 saturated carbocycles. The monoisotopic (exact) mass is 602 g/mol. The molecule has 0 amide bonds. The first kappa shape index (κ1) is 26.9. The van der Waals surface area contributed by atoms with Crippen LogP contribution in [0, 0.1) is 0 Å². The van der Waals surface area contributed by atoms with E-state index < -0.39 is 0 Å². The van der Waals surface area contributed by atoms with E-state index in [0.29, 0.717) is 5.92 Å². The summed E-state index contributed by atoms with van der Waals surface area (Å²) in [5.74, 6) is 0.571. The zero-order valence-electron chi connectivity index (χ0n) is 26.4. The molecule has 1 aliphatic carbocycles. The molecule has 1 fully saturated rings. The molecule has 3 aliphatic rings. The molecule has 47 heavy (non-hydrogen) atoms. The highest BCUT2D eigenvalue weighted by Crippen LogP contribution is 2.49. The number of para-hydroxylation sites is 2. The molecule has 0 spiro atoms. The lowest BCUT2D eigenvalue weighted by atomic mass is 9.33. The van der Waals surface area contributed by atoms with Gasteiger partial charge in [0.1, 0.15) is 0 Å². The fourth-order valence-electron chi connectivity index (χ4n) is 8.90. The number of hydrogen-bond acceptors (Lipinski definition) is 2. The van der Waals surface area contributed by atoms with Crippen molar-refractivity contribution in [1.82, 2.24) is 0 Å². The van der Waals surface area contributed by atoms with E-state index in [1.807, 2.05) is 0 Å². The van der Waals surface area contributed by atoms with E-state index in [-0.39, 0.29) is 6.71 Å². The van der Waals surface area contributed by atoms with E-state index in [4.69, 9.17) is 0 Å². The summed E-state index contributed by atoms with van der Waals surface area (Å²) in [6.45, 7) is 0.111. The van der Waals surface area contributed by atoms with Crippen LogP contribution in [0.2, 0.25) is 0 Å². The largest absolute Gasteiger partial charge is 0.311 e. The number of fused-ring (bicyclic) bond motifs is 8. The van der Waals surface area contributed by atoms with Gasteiger partial charge in [0.2, 0.25) is 0 Å². The van der Waals surface area contributed by atoms with Crippen LogP contribution in [0.1, 0.15) is 43.6 Å². The van der Waals surface area contributed by atoms with Gasteiger partial charge < -0.3 is 9.80 Å². The van der Waals surface area contributed by atoms with Crippen LogP contribution < -0.4 is 26.2 Å². The molecule has 0 atom stereocenters. The maximum absolute atomic E-state index is 2.59. The highest BCUT2D eigenvalue weighted by molar-refractivity contribution is 7.00. The summed E-state index contributed by atoms with van der Waals surface area (Å²) in [6.07, 6.45) is 6.49. The molecule has 0 unspecified atom stereocenters. The normalized spacial score (nSPS) is 15.4. The average molecular weight is 603 g/mol. The first-order valence-corrected chi connectivity index (χ1v) is 17.3. The number of nitrogens with zero attached hydrogens (tertiary/aromatic N) is 2. The van der Waals surface area contributed by atoms with Gasteiger partial charge in [-0.2, -0.15) is 0 Å². The molecule has 0 bridgehead atoms. The van der Waals surface area contributed by atoms with Crippen molar-refractivity contribution >= 4 is 78.8 Å². The summed E-state index contributed by atoms with van der Waals surface area (Å²) in [4.78, 5) is 5.18. The Morgan fingerprint density at radius 2 is 0.936 bits per heavy atom. The Labute approximate surface area is 277 Å². The molecule has 7 aromatic carbocycles. The quantitative estimate of drug-likeness (QED) is 0.186. The van der Waals surface area contributed by atoms with Crippen molar-refractivity contribution in [2.24, 2.45) is 0 Å². The molecular formula is C44H35BN2. The van der Waals surface area contributed by atoms with E-state index in [1.165, 1.54) is 110 Å². The summed E-state index contributed by atoms with van der Waals surface area (Å²) < 4.78 is 0. The molecule has 224 valence electrons. The number of anilines is 6. The summed E-state index contributed by atoms with van der Waals surface area (Å²) >= 11 is 0. The van der Waals surface area contributed by atoms with Gasteiger partial charge in [0.25, 0.3) is 6.71 Å². The average Bonchev–Trinajstić information content (AvgIpc) is 3.15. The van der Waals surface area contributed by atoms with Gasteiger partial charge in [-0.15, -0.1) is 0 Å². The van der Waals surface area contributed by atoms with Crippen LogP contribution in [0.3, 0.4) is 0 Å². The number of hydrogen-bond donors (Lipinski definition) is 0. The summed E-state index contributed by atoms with van der Waals surface area (Å²) in [7, 11) is 0. The molecule has 0 saturated heterocycles. The van der Waals surface area contributed by atoms with Crippen molar-refractivity contribution in [2.45, 2.75) is 38.0 Å². The molecular weight excluding hydrogens is 567 g/mol. The second-order valence-electron chi connectivity index (χ2n) is 13.5. The molecule has 3 heteroatoms. The minimum atomic E-state index is 0.111. The molecule has 10 rings (SSSR count). The first-order valence-electron chi connectivity index (χ1n) is 17.3. The van der Waals surface area contributed by atoms with Gasteiger partial charge in [0.05, 0.1) is 0 Å². The van der Waals surface area contributed by atoms with E-state index in [1.54, 1.807) is 0 Å². The third-order valence-electron chi connectivity index (χ3n) is 11.0.